The van der Waals surface area contributed by atoms with E-state index in [4.69, 9.17) is 9.15 Å². The third kappa shape index (κ3) is 3.28. The lowest BCUT2D eigenvalue weighted by Crippen LogP contribution is -2.47. The second-order valence-corrected chi connectivity index (χ2v) is 7.63. The van der Waals surface area contributed by atoms with Gasteiger partial charge in [-0.2, -0.15) is 5.10 Å². The topological polar surface area (TPSA) is 99.1 Å². The van der Waals surface area contributed by atoms with Gasteiger partial charge in [-0.05, 0) is 33.1 Å². The van der Waals surface area contributed by atoms with Crippen molar-refractivity contribution in [1.29, 1.82) is 0 Å². The van der Waals surface area contributed by atoms with E-state index in [1.807, 2.05) is 6.92 Å². The van der Waals surface area contributed by atoms with Crippen molar-refractivity contribution in [3.8, 4) is 0 Å². The number of likely N-dealkylation sites (tertiary alicyclic amines) is 1. The van der Waals surface area contributed by atoms with E-state index in [0.29, 0.717) is 49.5 Å². The average Bonchev–Trinajstić information content (AvgIpc) is 3.34. The van der Waals surface area contributed by atoms with Crippen LogP contribution in [-0.2, 0) is 14.3 Å². The first-order chi connectivity index (χ1) is 14.5. The number of amides is 1. The summed E-state index contributed by atoms with van der Waals surface area (Å²) in [5.41, 5.74) is 1.45. The molecule has 0 bridgehead atoms. The summed E-state index contributed by atoms with van der Waals surface area (Å²) in [7, 11) is 0. The highest BCUT2D eigenvalue weighted by molar-refractivity contribution is 5.84. The average molecular weight is 414 g/mol. The lowest BCUT2D eigenvalue weighted by atomic mass is 9.97. The van der Waals surface area contributed by atoms with Crippen molar-refractivity contribution in [1.82, 2.24) is 19.1 Å². The number of hydrogen-bond acceptors (Lipinski definition) is 6. The van der Waals surface area contributed by atoms with E-state index in [-0.39, 0.29) is 23.4 Å². The molecule has 2 atom stereocenters. The molecule has 0 spiro atoms. The minimum atomic E-state index is -0.733. The number of fused-ring (bicyclic) bond motifs is 3. The van der Waals surface area contributed by atoms with Crippen LogP contribution in [0.5, 0.6) is 0 Å². The smallest absolute Gasteiger partial charge is 0.310 e. The molecule has 160 valence electrons. The van der Waals surface area contributed by atoms with Gasteiger partial charge in [0, 0.05) is 25.2 Å². The van der Waals surface area contributed by atoms with Crippen LogP contribution in [-0.4, -0.2) is 50.7 Å². The van der Waals surface area contributed by atoms with Crippen molar-refractivity contribution < 1.29 is 18.7 Å². The Hall–Kier alpha value is -3.10. The molecule has 1 aliphatic rings. The van der Waals surface area contributed by atoms with E-state index >= 15 is 0 Å². The number of hydrogen-bond donors (Lipinski definition) is 0. The molecule has 9 heteroatoms. The van der Waals surface area contributed by atoms with E-state index < -0.39 is 6.04 Å². The second kappa shape index (κ2) is 7.97. The van der Waals surface area contributed by atoms with Crippen LogP contribution in [0.15, 0.2) is 27.6 Å². The fraction of sp³-hybridized carbons (Fsp3) is 0.524. The summed E-state index contributed by atoms with van der Waals surface area (Å²) in [5.74, 6) is -0.201. The van der Waals surface area contributed by atoms with Gasteiger partial charge in [-0.25, -0.2) is 4.68 Å². The van der Waals surface area contributed by atoms with E-state index in [9.17, 15) is 14.4 Å². The first kappa shape index (κ1) is 20.2. The van der Waals surface area contributed by atoms with Crippen LogP contribution < -0.4 is 5.56 Å². The molecule has 30 heavy (non-hydrogen) atoms. The van der Waals surface area contributed by atoms with E-state index in [2.05, 4.69) is 5.10 Å². The number of ether oxygens (including phenoxy) is 1. The number of carbonyl (C=O) groups is 2. The summed E-state index contributed by atoms with van der Waals surface area (Å²) < 4.78 is 13.6. The predicted octanol–water partition coefficient (Wildman–Crippen LogP) is 2.30. The molecule has 4 rings (SSSR count). The van der Waals surface area contributed by atoms with Gasteiger partial charge in [0.05, 0.1) is 24.3 Å². The third-order valence-corrected chi connectivity index (χ3v) is 5.75. The molecule has 0 N–H and O–H groups in total. The van der Waals surface area contributed by atoms with Gasteiger partial charge in [0.25, 0.3) is 5.56 Å². The summed E-state index contributed by atoms with van der Waals surface area (Å²) in [4.78, 5) is 40.3. The largest absolute Gasteiger partial charge is 0.466 e. The van der Waals surface area contributed by atoms with Crippen LogP contribution in [0.4, 0.5) is 0 Å². The van der Waals surface area contributed by atoms with Gasteiger partial charge < -0.3 is 14.1 Å². The number of furan rings is 1. The molecule has 1 fully saturated rings. The van der Waals surface area contributed by atoms with Crippen molar-refractivity contribution in [3.05, 3.63) is 34.6 Å². The number of nitrogens with zero attached hydrogens (tertiary/aromatic N) is 4. The monoisotopic (exact) mass is 414 g/mol. The Morgan fingerprint density at radius 3 is 2.87 bits per heavy atom. The Morgan fingerprint density at radius 1 is 1.33 bits per heavy atom. The van der Waals surface area contributed by atoms with Gasteiger partial charge in [0.1, 0.15) is 17.4 Å². The quantitative estimate of drug-likeness (QED) is 0.594. The predicted molar refractivity (Wildman–Crippen MR) is 109 cm³/mol. The van der Waals surface area contributed by atoms with Gasteiger partial charge in [-0.3, -0.25) is 18.8 Å². The van der Waals surface area contributed by atoms with Crippen molar-refractivity contribution in [3.63, 3.8) is 0 Å². The zero-order valence-electron chi connectivity index (χ0n) is 17.5. The Kier molecular flexibility index (Phi) is 5.36. The van der Waals surface area contributed by atoms with Crippen molar-refractivity contribution in [2.24, 2.45) is 5.92 Å². The van der Waals surface area contributed by atoms with Gasteiger partial charge in [-0.1, -0.05) is 6.92 Å². The number of rotatable bonds is 5. The Bertz CT molecular complexity index is 1160. The summed E-state index contributed by atoms with van der Waals surface area (Å²) >= 11 is 0. The van der Waals surface area contributed by atoms with Crippen molar-refractivity contribution in [2.45, 2.75) is 46.1 Å². The SMILES string of the molecule is CCOC(=O)[C@@H]1CCCN(C(=O)[C@H](CC)n2nc(C)n3c(cc4occc43)c2=O)C1. The standard InChI is InChI=1S/C21H26N4O5/c1-4-15(19(26)23-9-6-7-14(12-23)21(28)29-5-2)25-20(27)17-11-18-16(8-10-30-18)24(17)13(3)22-25/h8,10-11,14-15H,4-7,9,12H2,1-3H3/t14-,15+/m1/s1. The molecular formula is C21H26N4O5. The lowest BCUT2D eigenvalue weighted by Gasteiger charge is -2.34. The zero-order chi connectivity index (χ0) is 21.4. The number of aromatic nitrogens is 3. The van der Waals surface area contributed by atoms with Crippen LogP contribution in [0, 0.1) is 12.8 Å². The summed E-state index contributed by atoms with van der Waals surface area (Å²) in [6, 6.07) is 2.73. The number of piperidine rings is 1. The molecular weight excluding hydrogens is 388 g/mol. The van der Waals surface area contributed by atoms with Crippen LogP contribution >= 0.6 is 0 Å². The summed E-state index contributed by atoms with van der Waals surface area (Å²) in [5, 5.41) is 4.46. The Labute approximate surface area is 173 Å². The molecule has 1 saturated heterocycles. The zero-order valence-corrected chi connectivity index (χ0v) is 17.5. The van der Waals surface area contributed by atoms with Crippen molar-refractivity contribution >= 4 is 28.5 Å². The van der Waals surface area contributed by atoms with E-state index in [1.165, 1.54) is 4.68 Å². The maximum atomic E-state index is 13.3. The third-order valence-electron chi connectivity index (χ3n) is 5.75. The lowest BCUT2D eigenvalue weighted by molar-refractivity contribution is -0.151. The van der Waals surface area contributed by atoms with Gasteiger partial charge in [-0.15, -0.1) is 0 Å². The fourth-order valence-corrected chi connectivity index (χ4v) is 4.30. The number of aryl methyl sites for hydroxylation is 1. The molecule has 1 aliphatic heterocycles. The van der Waals surface area contributed by atoms with Crippen LogP contribution in [0.3, 0.4) is 0 Å². The molecule has 4 heterocycles. The van der Waals surface area contributed by atoms with Crippen LogP contribution in [0.2, 0.25) is 0 Å². The highest BCUT2D eigenvalue weighted by Gasteiger charge is 2.34. The van der Waals surface area contributed by atoms with E-state index in [1.54, 1.807) is 41.5 Å². The number of carbonyl (C=O) groups excluding carboxylic acids is 2. The summed E-state index contributed by atoms with van der Waals surface area (Å²) in [6.07, 6.45) is 3.41. The van der Waals surface area contributed by atoms with Crippen LogP contribution in [0.25, 0.3) is 16.6 Å². The van der Waals surface area contributed by atoms with Crippen molar-refractivity contribution in [2.75, 3.05) is 19.7 Å². The normalized spacial score (nSPS) is 18.1. The first-order valence-corrected chi connectivity index (χ1v) is 10.4. The summed E-state index contributed by atoms with van der Waals surface area (Å²) in [6.45, 7) is 6.60. The fourth-order valence-electron chi connectivity index (χ4n) is 4.30. The Morgan fingerprint density at radius 2 is 2.13 bits per heavy atom. The molecule has 0 aliphatic carbocycles. The molecule has 3 aromatic heterocycles. The van der Waals surface area contributed by atoms with Gasteiger partial charge in [0.2, 0.25) is 5.91 Å². The molecule has 3 aromatic rings. The molecule has 0 saturated carbocycles. The highest BCUT2D eigenvalue weighted by atomic mass is 16.5. The minimum Gasteiger partial charge on any atom is -0.466 e. The maximum Gasteiger partial charge on any atom is 0.310 e. The second-order valence-electron chi connectivity index (χ2n) is 7.63. The highest BCUT2D eigenvalue weighted by Crippen LogP contribution is 2.24. The number of esters is 1. The maximum absolute atomic E-state index is 13.3. The molecule has 0 aromatic carbocycles. The molecule has 1 amide bonds. The van der Waals surface area contributed by atoms with Gasteiger partial charge in [0.15, 0.2) is 5.58 Å². The van der Waals surface area contributed by atoms with Crippen LogP contribution in [0.1, 0.15) is 45.0 Å². The first-order valence-electron chi connectivity index (χ1n) is 10.4. The van der Waals surface area contributed by atoms with E-state index in [0.717, 1.165) is 11.9 Å². The van der Waals surface area contributed by atoms with Gasteiger partial charge >= 0.3 is 5.97 Å². The molecule has 0 unspecified atom stereocenters. The molecule has 9 nitrogen and oxygen atoms in total. The minimum absolute atomic E-state index is 0.194. The Balaban J connectivity index is 1.67. The molecule has 0 radical (unpaired) electrons.